The summed E-state index contributed by atoms with van der Waals surface area (Å²) in [5, 5.41) is 9.86. The first-order valence-corrected chi connectivity index (χ1v) is 5.24. The quantitative estimate of drug-likeness (QED) is 0.717. The topological polar surface area (TPSA) is 23.5 Å². The largest absolute Gasteiger partial charge is 0.381 e. The van der Waals surface area contributed by atoms with Gasteiger partial charge in [0.1, 0.15) is 0 Å². The summed E-state index contributed by atoms with van der Waals surface area (Å²) in [6, 6.07) is 0. The summed E-state index contributed by atoms with van der Waals surface area (Å²) in [6.45, 7) is 1.78. The molecule has 0 saturated carbocycles. The molecule has 3 fully saturated rings. The third-order valence-electron chi connectivity index (χ3n) is 3.22. The molecule has 0 radical (unpaired) electrons. The molecule has 0 aromatic heterocycles. The monoisotopic (exact) mass is 255 g/mol. The first-order valence-electron chi connectivity index (χ1n) is 4.45. The number of aliphatic hydroxyl groups is 1. The summed E-state index contributed by atoms with van der Waals surface area (Å²) < 4.78 is 26.2. The lowest BCUT2D eigenvalue weighted by atomic mass is 9.75. The smallest absolute Gasteiger partial charge is 0.330 e. The zero-order chi connectivity index (χ0) is 9.69. The van der Waals surface area contributed by atoms with Crippen molar-refractivity contribution < 1.29 is 13.9 Å². The van der Waals surface area contributed by atoms with Crippen LogP contribution >= 0.6 is 15.9 Å². The van der Waals surface area contributed by atoms with Gasteiger partial charge in [0.2, 0.25) is 0 Å². The fourth-order valence-electron chi connectivity index (χ4n) is 2.36. The van der Waals surface area contributed by atoms with Crippen molar-refractivity contribution in [3.8, 4) is 0 Å². The van der Waals surface area contributed by atoms with E-state index in [-0.39, 0.29) is 12.5 Å². The molecule has 0 spiro atoms. The van der Waals surface area contributed by atoms with Gasteiger partial charge in [0.05, 0.1) is 0 Å². The normalized spacial score (nSPS) is 45.2. The molecule has 3 heterocycles. The lowest BCUT2D eigenvalue weighted by Gasteiger charge is -2.51. The van der Waals surface area contributed by atoms with Crippen molar-refractivity contribution in [3.05, 3.63) is 0 Å². The molecule has 3 aliphatic heterocycles. The number of alkyl halides is 3. The summed E-state index contributed by atoms with van der Waals surface area (Å²) in [5.74, 6) is -0.258. The van der Waals surface area contributed by atoms with Gasteiger partial charge in [-0.1, -0.05) is 0 Å². The number of piperidine rings is 3. The number of halogens is 3. The molecule has 2 nitrogen and oxygen atoms in total. The number of rotatable bonds is 1. The highest BCUT2D eigenvalue weighted by molar-refractivity contribution is 9.10. The van der Waals surface area contributed by atoms with Crippen LogP contribution in [0.5, 0.6) is 0 Å². The van der Waals surface area contributed by atoms with Crippen molar-refractivity contribution in [1.82, 2.24) is 4.90 Å². The van der Waals surface area contributed by atoms with E-state index < -0.39 is 10.4 Å². The van der Waals surface area contributed by atoms with Crippen LogP contribution in [-0.4, -0.2) is 40.1 Å². The van der Waals surface area contributed by atoms with E-state index in [0.717, 1.165) is 13.1 Å². The van der Waals surface area contributed by atoms with Gasteiger partial charge in [-0.2, -0.15) is 8.78 Å². The fourth-order valence-corrected chi connectivity index (χ4v) is 2.81. The van der Waals surface area contributed by atoms with Crippen LogP contribution < -0.4 is 0 Å². The van der Waals surface area contributed by atoms with E-state index in [2.05, 4.69) is 15.9 Å². The second kappa shape index (κ2) is 2.87. The Morgan fingerprint density at radius 2 is 1.92 bits per heavy atom. The molecule has 3 rings (SSSR count). The maximum atomic E-state index is 13.1. The van der Waals surface area contributed by atoms with Crippen molar-refractivity contribution in [1.29, 1.82) is 0 Å². The molecule has 0 amide bonds. The standard InChI is InChI=1S/C8H12BrF2NO/c9-8(10,11)7(13)5-12-3-1-6(7)2-4-12/h6,13H,1-5H2. The fraction of sp³-hybridized carbons (Fsp3) is 1.00. The van der Waals surface area contributed by atoms with Crippen LogP contribution in [0.15, 0.2) is 0 Å². The Morgan fingerprint density at radius 1 is 1.38 bits per heavy atom. The predicted molar refractivity (Wildman–Crippen MR) is 48.0 cm³/mol. The molecular weight excluding hydrogens is 244 g/mol. The highest BCUT2D eigenvalue weighted by atomic mass is 79.9. The third-order valence-corrected chi connectivity index (χ3v) is 3.91. The minimum atomic E-state index is -3.16. The average Bonchev–Trinajstić information content (AvgIpc) is 2.04. The summed E-state index contributed by atoms with van der Waals surface area (Å²) in [6.07, 6.45) is 1.36. The Labute approximate surface area is 84.0 Å². The summed E-state index contributed by atoms with van der Waals surface area (Å²) in [4.78, 5) is -1.26. The van der Waals surface area contributed by atoms with E-state index in [4.69, 9.17) is 0 Å². The highest BCUT2D eigenvalue weighted by Crippen LogP contribution is 2.47. The lowest BCUT2D eigenvalue weighted by molar-refractivity contribution is -0.199. The molecule has 1 unspecified atom stereocenters. The highest BCUT2D eigenvalue weighted by Gasteiger charge is 2.59. The van der Waals surface area contributed by atoms with E-state index in [1.165, 1.54) is 0 Å². The zero-order valence-electron chi connectivity index (χ0n) is 7.14. The molecular formula is C8H12BrF2NO. The molecule has 76 valence electrons. The first-order chi connectivity index (χ1) is 5.93. The molecule has 0 aromatic carbocycles. The van der Waals surface area contributed by atoms with E-state index in [9.17, 15) is 13.9 Å². The lowest BCUT2D eigenvalue weighted by Crippen LogP contribution is -2.65. The minimum absolute atomic E-state index is 0.0932. The molecule has 3 saturated heterocycles. The zero-order valence-corrected chi connectivity index (χ0v) is 8.73. The molecule has 3 aliphatic rings. The summed E-state index contributed by atoms with van der Waals surface area (Å²) in [5.41, 5.74) is -1.86. The van der Waals surface area contributed by atoms with Crippen molar-refractivity contribution in [3.63, 3.8) is 0 Å². The van der Waals surface area contributed by atoms with Crippen LogP contribution in [0, 0.1) is 5.92 Å². The molecule has 1 N–H and O–H groups in total. The van der Waals surface area contributed by atoms with E-state index in [1.807, 2.05) is 4.90 Å². The predicted octanol–water partition coefficient (Wildman–Crippen LogP) is 1.43. The van der Waals surface area contributed by atoms with Crippen LogP contribution in [0.3, 0.4) is 0 Å². The van der Waals surface area contributed by atoms with Gasteiger partial charge < -0.3 is 10.0 Å². The van der Waals surface area contributed by atoms with Gasteiger partial charge in [-0.25, -0.2) is 0 Å². The first kappa shape index (κ1) is 9.80. The Kier molecular flexibility index (Phi) is 2.17. The number of hydrogen-bond acceptors (Lipinski definition) is 2. The maximum absolute atomic E-state index is 13.1. The molecule has 1 atom stereocenters. The minimum Gasteiger partial charge on any atom is -0.381 e. The van der Waals surface area contributed by atoms with Crippen LogP contribution in [0.2, 0.25) is 0 Å². The average molecular weight is 256 g/mol. The van der Waals surface area contributed by atoms with Gasteiger partial charge in [-0.15, -0.1) is 0 Å². The second-order valence-electron chi connectivity index (χ2n) is 3.97. The van der Waals surface area contributed by atoms with E-state index >= 15 is 0 Å². The summed E-state index contributed by atoms with van der Waals surface area (Å²) in [7, 11) is 0. The van der Waals surface area contributed by atoms with Crippen molar-refractivity contribution in [2.24, 2.45) is 5.92 Å². The summed E-state index contributed by atoms with van der Waals surface area (Å²) >= 11 is 2.29. The Bertz CT molecular complexity index is 213. The number of fused-ring (bicyclic) bond motifs is 3. The van der Waals surface area contributed by atoms with Gasteiger partial charge in [-0.05, 0) is 47.8 Å². The van der Waals surface area contributed by atoms with Gasteiger partial charge >= 0.3 is 4.83 Å². The van der Waals surface area contributed by atoms with Gasteiger partial charge in [0, 0.05) is 6.54 Å². The molecule has 0 aromatic rings. The van der Waals surface area contributed by atoms with Crippen molar-refractivity contribution in [2.75, 3.05) is 19.6 Å². The van der Waals surface area contributed by atoms with Gasteiger partial charge in [0.25, 0.3) is 0 Å². The van der Waals surface area contributed by atoms with Gasteiger partial charge in [0.15, 0.2) is 5.60 Å². The molecule has 2 bridgehead atoms. The third kappa shape index (κ3) is 1.41. The second-order valence-corrected chi connectivity index (χ2v) is 4.97. The Hall–Kier alpha value is 0.260. The van der Waals surface area contributed by atoms with Gasteiger partial charge in [-0.3, -0.25) is 0 Å². The molecule has 13 heavy (non-hydrogen) atoms. The number of nitrogens with zero attached hydrogens (tertiary/aromatic N) is 1. The Balaban J connectivity index is 2.24. The van der Waals surface area contributed by atoms with Crippen LogP contribution in [0.1, 0.15) is 12.8 Å². The van der Waals surface area contributed by atoms with Crippen molar-refractivity contribution >= 4 is 15.9 Å². The van der Waals surface area contributed by atoms with Crippen molar-refractivity contribution in [2.45, 2.75) is 23.3 Å². The molecule has 0 aliphatic carbocycles. The van der Waals surface area contributed by atoms with E-state index in [1.54, 1.807) is 0 Å². The Morgan fingerprint density at radius 3 is 2.15 bits per heavy atom. The van der Waals surface area contributed by atoms with Crippen LogP contribution in [0.4, 0.5) is 8.78 Å². The SMILES string of the molecule is OC1(C(F)(F)Br)CN2CCC1CC2. The molecule has 5 heteroatoms. The van der Waals surface area contributed by atoms with Crippen LogP contribution in [0.25, 0.3) is 0 Å². The van der Waals surface area contributed by atoms with E-state index in [0.29, 0.717) is 12.8 Å². The maximum Gasteiger partial charge on any atom is 0.330 e. The number of hydrogen-bond donors (Lipinski definition) is 1. The van der Waals surface area contributed by atoms with Crippen LogP contribution in [-0.2, 0) is 0 Å².